The average molecular weight is 638 g/mol. The summed E-state index contributed by atoms with van der Waals surface area (Å²) in [6, 6.07) is 7.95. The molecule has 2 fully saturated rings. The molecule has 2 aliphatic rings. The first-order valence-electron chi connectivity index (χ1n) is 17.2. The third-order valence-corrected chi connectivity index (χ3v) is 9.62. The van der Waals surface area contributed by atoms with Gasteiger partial charge in [0.1, 0.15) is 12.1 Å². The Labute approximate surface area is 277 Å². The van der Waals surface area contributed by atoms with Crippen molar-refractivity contribution in [3.05, 3.63) is 47.5 Å². The summed E-state index contributed by atoms with van der Waals surface area (Å²) < 4.78 is 0. The molecule has 3 rings (SSSR count). The Kier molecular flexibility index (Phi) is 13.0. The number of nitrogens with one attached hydrogen (secondary N) is 2. The topological polar surface area (TPSA) is 102 Å². The third-order valence-electron chi connectivity index (χ3n) is 9.62. The van der Waals surface area contributed by atoms with E-state index in [1.807, 2.05) is 78.0 Å². The van der Waals surface area contributed by atoms with E-state index in [0.29, 0.717) is 18.5 Å². The lowest BCUT2D eigenvalue weighted by atomic mass is 9.84. The van der Waals surface area contributed by atoms with Crippen LogP contribution in [0.25, 0.3) is 0 Å². The van der Waals surface area contributed by atoms with Gasteiger partial charge in [-0.05, 0) is 76.8 Å². The summed E-state index contributed by atoms with van der Waals surface area (Å²) in [6.07, 6.45) is 6.07. The van der Waals surface area contributed by atoms with E-state index in [0.717, 1.165) is 37.8 Å². The van der Waals surface area contributed by atoms with Crippen molar-refractivity contribution in [3.63, 3.8) is 0 Å². The lowest BCUT2D eigenvalue weighted by molar-refractivity contribution is -0.142. The van der Waals surface area contributed by atoms with Crippen LogP contribution in [0.1, 0.15) is 106 Å². The zero-order valence-corrected chi connectivity index (χ0v) is 29.9. The summed E-state index contributed by atoms with van der Waals surface area (Å²) in [5, 5.41) is 6.23. The second-order valence-electron chi connectivity index (χ2n) is 15.0. The van der Waals surface area contributed by atoms with Gasteiger partial charge in [0, 0.05) is 25.2 Å². The van der Waals surface area contributed by atoms with Crippen molar-refractivity contribution in [2.45, 2.75) is 131 Å². The average Bonchev–Trinajstić information content (AvgIpc) is 3.51. The van der Waals surface area contributed by atoms with Crippen LogP contribution in [0.2, 0.25) is 0 Å². The number of likely N-dealkylation sites (tertiary alicyclic amines) is 2. The maximum Gasteiger partial charge on any atom is 0.249 e. The molecule has 5 atom stereocenters. The van der Waals surface area contributed by atoms with Crippen LogP contribution in [0.15, 0.2) is 42.0 Å². The van der Waals surface area contributed by atoms with Crippen molar-refractivity contribution in [2.24, 2.45) is 11.3 Å². The highest BCUT2D eigenvalue weighted by molar-refractivity contribution is 5.97. The Hall–Kier alpha value is -3.20. The Morgan fingerprint density at radius 1 is 0.870 bits per heavy atom. The van der Waals surface area contributed by atoms with Gasteiger partial charge in [-0.25, -0.2) is 0 Å². The minimum Gasteiger partial charge on any atom is -0.348 e. The predicted molar refractivity (Wildman–Crippen MR) is 184 cm³/mol. The summed E-state index contributed by atoms with van der Waals surface area (Å²) >= 11 is 0. The maximum absolute atomic E-state index is 14.2. The molecular weight excluding hydrogens is 578 g/mol. The number of hydrogen-bond donors (Lipinski definition) is 2. The van der Waals surface area contributed by atoms with Crippen molar-refractivity contribution in [1.82, 2.24) is 25.3 Å². The number of nitrogens with zero attached hydrogens (tertiary/aromatic N) is 3. The van der Waals surface area contributed by atoms with Crippen molar-refractivity contribution in [1.29, 1.82) is 0 Å². The first-order valence-corrected chi connectivity index (χ1v) is 17.2. The molecule has 1 aromatic rings. The zero-order valence-electron chi connectivity index (χ0n) is 29.9. The molecule has 1 unspecified atom stereocenters. The summed E-state index contributed by atoms with van der Waals surface area (Å²) in [7, 11) is 1.75. The first kappa shape index (κ1) is 37.3. The second kappa shape index (κ2) is 16.1. The van der Waals surface area contributed by atoms with Crippen LogP contribution in [-0.2, 0) is 19.2 Å². The van der Waals surface area contributed by atoms with Gasteiger partial charge in [0.15, 0.2) is 0 Å². The van der Waals surface area contributed by atoms with Crippen LogP contribution in [-0.4, -0.2) is 88.7 Å². The molecule has 2 aliphatic heterocycles. The molecular formula is C37H59N5O4. The molecule has 256 valence electrons. The Morgan fingerprint density at radius 2 is 1.48 bits per heavy atom. The molecule has 0 bridgehead atoms. The van der Waals surface area contributed by atoms with E-state index in [1.165, 1.54) is 0 Å². The molecule has 0 saturated carbocycles. The van der Waals surface area contributed by atoms with Crippen LogP contribution in [0.4, 0.5) is 0 Å². The van der Waals surface area contributed by atoms with Crippen molar-refractivity contribution >= 4 is 23.6 Å². The zero-order chi connectivity index (χ0) is 34.3. The summed E-state index contributed by atoms with van der Waals surface area (Å²) in [5.41, 5.74) is 0.984. The fourth-order valence-electron chi connectivity index (χ4n) is 6.81. The Morgan fingerprint density at radius 3 is 2.07 bits per heavy atom. The van der Waals surface area contributed by atoms with E-state index in [1.54, 1.807) is 23.8 Å². The number of rotatable bonds is 11. The number of hydrogen-bond acceptors (Lipinski definition) is 5. The van der Waals surface area contributed by atoms with Gasteiger partial charge in [-0.15, -0.1) is 0 Å². The van der Waals surface area contributed by atoms with E-state index >= 15 is 0 Å². The van der Waals surface area contributed by atoms with Crippen LogP contribution in [0.5, 0.6) is 0 Å². The number of benzene rings is 1. The summed E-state index contributed by atoms with van der Waals surface area (Å²) in [4.78, 5) is 60.4. The van der Waals surface area contributed by atoms with Crippen LogP contribution < -0.4 is 10.6 Å². The second-order valence-corrected chi connectivity index (χ2v) is 15.0. The van der Waals surface area contributed by atoms with Crippen molar-refractivity contribution in [3.8, 4) is 0 Å². The van der Waals surface area contributed by atoms with Gasteiger partial charge in [-0.3, -0.25) is 24.1 Å². The van der Waals surface area contributed by atoms with Gasteiger partial charge in [0.2, 0.25) is 23.6 Å². The molecule has 0 spiro atoms. The predicted octanol–water partition coefficient (Wildman–Crippen LogP) is 5.08. The molecule has 4 amide bonds. The lowest BCUT2D eigenvalue weighted by Gasteiger charge is -2.41. The molecule has 0 aromatic heterocycles. The number of piperidine rings is 1. The van der Waals surface area contributed by atoms with Gasteiger partial charge in [-0.2, -0.15) is 0 Å². The SMILES string of the molecule is CC(=C[C@H](C(C)C)N(C)C(=O)[C@@H](NC(=O)C1CCCCN1C(C)C)C(C)(C)C)C(=O)N1CCC[C@H]1C(=O)N[C@H](C)c1ccccc1. The highest BCUT2D eigenvalue weighted by Gasteiger charge is 2.40. The monoisotopic (exact) mass is 637 g/mol. The fourth-order valence-corrected chi connectivity index (χ4v) is 6.81. The van der Waals surface area contributed by atoms with Gasteiger partial charge in [-0.1, -0.05) is 77.4 Å². The van der Waals surface area contributed by atoms with E-state index in [2.05, 4.69) is 29.4 Å². The van der Waals surface area contributed by atoms with Crippen molar-refractivity contribution in [2.75, 3.05) is 20.1 Å². The van der Waals surface area contributed by atoms with E-state index in [9.17, 15) is 19.2 Å². The molecule has 1 aromatic carbocycles. The van der Waals surface area contributed by atoms with Gasteiger partial charge in [0.25, 0.3) is 0 Å². The van der Waals surface area contributed by atoms with Gasteiger partial charge >= 0.3 is 0 Å². The molecule has 2 saturated heterocycles. The number of carbonyl (C=O) groups excluding carboxylic acids is 4. The van der Waals surface area contributed by atoms with E-state index in [-0.39, 0.29) is 53.7 Å². The standard InChI is InChI=1S/C37H59N5O4/c1-24(2)31(40(10)36(46)32(37(7,8)9)39-34(44)29-19-14-15-21-41(29)25(3)4)23-26(5)35(45)42-22-16-20-30(42)33(43)38-27(6)28-17-12-11-13-18-28/h11-13,17-18,23-25,27,29-32H,14-16,19-22H2,1-10H3,(H,38,43)(H,39,44)/t27-,29?,30+,31-,32-/m1/s1. The first-order chi connectivity index (χ1) is 21.5. The maximum atomic E-state index is 14.2. The number of amides is 4. The van der Waals surface area contributed by atoms with Crippen LogP contribution in [0, 0.1) is 11.3 Å². The van der Waals surface area contributed by atoms with E-state index in [4.69, 9.17) is 0 Å². The Bertz CT molecular complexity index is 1240. The lowest BCUT2D eigenvalue weighted by Crippen LogP contribution is -2.60. The van der Waals surface area contributed by atoms with Crippen molar-refractivity contribution < 1.29 is 19.2 Å². The number of likely N-dealkylation sites (N-methyl/N-ethyl adjacent to an activating group) is 1. The molecule has 0 radical (unpaired) electrons. The minimum atomic E-state index is -0.732. The molecule has 46 heavy (non-hydrogen) atoms. The molecule has 9 heteroatoms. The minimum absolute atomic E-state index is 0.00666. The van der Waals surface area contributed by atoms with Gasteiger partial charge in [0.05, 0.1) is 18.1 Å². The van der Waals surface area contributed by atoms with Crippen LogP contribution in [0.3, 0.4) is 0 Å². The largest absolute Gasteiger partial charge is 0.348 e. The Balaban J connectivity index is 1.76. The smallest absolute Gasteiger partial charge is 0.249 e. The number of carbonyl (C=O) groups is 4. The molecule has 2 N–H and O–H groups in total. The summed E-state index contributed by atoms with van der Waals surface area (Å²) in [5.74, 6) is -0.620. The third kappa shape index (κ3) is 9.20. The van der Waals surface area contributed by atoms with E-state index < -0.39 is 17.5 Å². The van der Waals surface area contributed by atoms with Crippen LogP contribution >= 0.6 is 0 Å². The fraction of sp³-hybridized carbons (Fsp3) is 0.676. The normalized spacial score (nSPS) is 21.6. The molecule has 2 heterocycles. The summed E-state index contributed by atoms with van der Waals surface area (Å²) in [6.45, 7) is 19.3. The molecule has 9 nitrogen and oxygen atoms in total. The van der Waals surface area contributed by atoms with Gasteiger partial charge < -0.3 is 20.4 Å². The highest BCUT2D eigenvalue weighted by Crippen LogP contribution is 2.27. The quantitative estimate of drug-likeness (QED) is 0.330. The molecule has 0 aliphatic carbocycles. The highest BCUT2D eigenvalue weighted by atomic mass is 16.2.